The number of benzene rings is 1. The molecule has 0 atom stereocenters. The summed E-state index contributed by atoms with van der Waals surface area (Å²) < 4.78 is 5.15. The fraction of sp³-hybridized carbons (Fsp3) is 0.214. The van der Waals surface area contributed by atoms with Gasteiger partial charge in [-0.15, -0.1) is 0 Å². The number of aryl methyl sites for hydroxylation is 1. The number of aromatic carboxylic acids is 1. The Hall–Kier alpha value is -1.94. The van der Waals surface area contributed by atoms with E-state index >= 15 is 0 Å². The highest BCUT2D eigenvalue weighted by Gasteiger charge is 2.13. The Morgan fingerprint density at radius 1 is 1.42 bits per heavy atom. The Kier molecular flexibility index (Phi) is 3.81. The minimum Gasteiger partial charge on any atom is -0.475 e. The van der Waals surface area contributed by atoms with Gasteiger partial charge < -0.3 is 14.8 Å². The summed E-state index contributed by atoms with van der Waals surface area (Å²) in [4.78, 5) is 10.8. The maximum Gasteiger partial charge on any atom is 0.371 e. The van der Waals surface area contributed by atoms with Gasteiger partial charge >= 0.3 is 5.97 Å². The molecule has 0 unspecified atom stereocenters. The Labute approximate surface area is 116 Å². The summed E-state index contributed by atoms with van der Waals surface area (Å²) in [5.41, 5.74) is 2.70. The predicted molar refractivity (Wildman–Crippen MR) is 73.9 cm³/mol. The van der Waals surface area contributed by atoms with Crippen molar-refractivity contribution in [2.75, 3.05) is 5.32 Å². The minimum absolute atomic E-state index is 0.0443. The van der Waals surface area contributed by atoms with Crippen molar-refractivity contribution in [3.63, 3.8) is 0 Å². The molecule has 2 N–H and O–H groups in total. The smallest absolute Gasteiger partial charge is 0.371 e. The SMILES string of the molecule is Cc1oc(C(=O)O)cc1CNc1cccc(Cl)c1C. The van der Waals surface area contributed by atoms with Gasteiger partial charge in [-0.05, 0) is 37.6 Å². The van der Waals surface area contributed by atoms with Crippen LogP contribution in [0.25, 0.3) is 0 Å². The van der Waals surface area contributed by atoms with Crippen molar-refractivity contribution in [2.24, 2.45) is 0 Å². The van der Waals surface area contributed by atoms with Gasteiger partial charge in [0.1, 0.15) is 5.76 Å². The van der Waals surface area contributed by atoms with E-state index < -0.39 is 5.97 Å². The average molecular weight is 280 g/mol. The van der Waals surface area contributed by atoms with E-state index in [-0.39, 0.29) is 5.76 Å². The molecule has 0 radical (unpaired) electrons. The van der Waals surface area contributed by atoms with Crippen molar-refractivity contribution < 1.29 is 14.3 Å². The highest BCUT2D eigenvalue weighted by molar-refractivity contribution is 6.31. The maximum atomic E-state index is 10.8. The topological polar surface area (TPSA) is 62.5 Å². The van der Waals surface area contributed by atoms with Crippen LogP contribution in [0.2, 0.25) is 5.02 Å². The van der Waals surface area contributed by atoms with Crippen LogP contribution in [0.4, 0.5) is 5.69 Å². The number of anilines is 1. The van der Waals surface area contributed by atoms with Crippen LogP contribution in [-0.2, 0) is 6.54 Å². The van der Waals surface area contributed by atoms with Crippen molar-refractivity contribution in [3.05, 3.63) is 51.9 Å². The molecular formula is C14H14ClNO3. The van der Waals surface area contributed by atoms with Crippen LogP contribution in [-0.4, -0.2) is 11.1 Å². The third kappa shape index (κ3) is 2.90. The monoisotopic (exact) mass is 279 g/mol. The maximum absolute atomic E-state index is 10.8. The van der Waals surface area contributed by atoms with Crippen LogP contribution in [0.15, 0.2) is 28.7 Å². The Balaban J connectivity index is 2.14. The van der Waals surface area contributed by atoms with Gasteiger partial charge in [0.2, 0.25) is 5.76 Å². The molecule has 2 aromatic rings. The van der Waals surface area contributed by atoms with E-state index in [4.69, 9.17) is 21.1 Å². The quantitative estimate of drug-likeness (QED) is 0.892. The Morgan fingerprint density at radius 2 is 2.16 bits per heavy atom. The first-order valence-corrected chi connectivity index (χ1v) is 6.18. The minimum atomic E-state index is -1.06. The standard InChI is InChI=1S/C14H14ClNO3/c1-8-11(15)4-3-5-12(8)16-7-10-6-13(14(17)18)19-9(10)2/h3-6,16H,7H2,1-2H3,(H,17,18). The summed E-state index contributed by atoms with van der Waals surface area (Å²) in [5.74, 6) is -0.505. The first kappa shape index (κ1) is 13.5. The first-order valence-electron chi connectivity index (χ1n) is 5.80. The molecule has 1 aromatic heterocycles. The second-order valence-corrected chi connectivity index (χ2v) is 4.67. The molecule has 0 amide bonds. The fourth-order valence-corrected chi connectivity index (χ4v) is 1.96. The van der Waals surface area contributed by atoms with Crippen molar-refractivity contribution in [3.8, 4) is 0 Å². The Bertz CT molecular complexity index is 619. The second-order valence-electron chi connectivity index (χ2n) is 4.26. The van der Waals surface area contributed by atoms with Gasteiger partial charge in [0, 0.05) is 22.8 Å². The van der Waals surface area contributed by atoms with E-state index in [0.29, 0.717) is 17.3 Å². The molecule has 0 aliphatic rings. The van der Waals surface area contributed by atoms with Gasteiger partial charge in [-0.1, -0.05) is 17.7 Å². The number of carbonyl (C=O) groups is 1. The lowest BCUT2D eigenvalue weighted by Gasteiger charge is -2.09. The molecule has 4 nitrogen and oxygen atoms in total. The lowest BCUT2D eigenvalue weighted by Crippen LogP contribution is -2.01. The number of halogens is 1. The fourth-order valence-electron chi connectivity index (χ4n) is 1.79. The van der Waals surface area contributed by atoms with Crippen molar-refractivity contribution >= 4 is 23.3 Å². The van der Waals surface area contributed by atoms with E-state index in [0.717, 1.165) is 16.8 Å². The van der Waals surface area contributed by atoms with Crippen LogP contribution >= 0.6 is 11.6 Å². The lowest BCUT2D eigenvalue weighted by molar-refractivity contribution is 0.0661. The van der Waals surface area contributed by atoms with E-state index in [1.165, 1.54) is 6.07 Å². The molecule has 1 heterocycles. The number of hydrogen-bond donors (Lipinski definition) is 2. The molecule has 0 fully saturated rings. The van der Waals surface area contributed by atoms with Crippen molar-refractivity contribution in [1.29, 1.82) is 0 Å². The number of furan rings is 1. The molecule has 0 saturated heterocycles. The molecule has 0 bridgehead atoms. The van der Waals surface area contributed by atoms with Crippen LogP contribution < -0.4 is 5.32 Å². The summed E-state index contributed by atoms with van der Waals surface area (Å²) in [6, 6.07) is 7.15. The highest BCUT2D eigenvalue weighted by Crippen LogP contribution is 2.24. The number of hydrogen-bond acceptors (Lipinski definition) is 3. The molecule has 2 rings (SSSR count). The summed E-state index contributed by atoms with van der Waals surface area (Å²) in [5, 5.41) is 12.8. The number of carboxylic acid groups (broad SMARTS) is 1. The molecule has 100 valence electrons. The van der Waals surface area contributed by atoms with Crippen molar-refractivity contribution in [1.82, 2.24) is 0 Å². The first-order chi connectivity index (χ1) is 8.99. The highest BCUT2D eigenvalue weighted by atomic mass is 35.5. The van der Waals surface area contributed by atoms with Gasteiger partial charge in [0.05, 0.1) is 0 Å². The number of rotatable bonds is 4. The van der Waals surface area contributed by atoms with Gasteiger partial charge in [0.25, 0.3) is 0 Å². The lowest BCUT2D eigenvalue weighted by atomic mass is 10.2. The zero-order valence-electron chi connectivity index (χ0n) is 10.7. The molecular weight excluding hydrogens is 266 g/mol. The van der Waals surface area contributed by atoms with Gasteiger partial charge in [0.15, 0.2) is 0 Å². The zero-order valence-corrected chi connectivity index (χ0v) is 11.4. The van der Waals surface area contributed by atoms with Crippen LogP contribution in [0, 0.1) is 13.8 Å². The summed E-state index contributed by atoms with van der Waals surface area (Å²) in [6.45, 7) is 4.16. The second kappa shape index (κ2) is 5.36. The Morgan fingerprint density at radius 3 is 2.79 bits per heavy atom. The summed E-state index contributed by atoms with van der Waals surface area (Å²) in [7, 11) is 0. The zero-order chi connectivity index (χ0) is 14.0. The molecule has 19 heavy (non-hydrogen) atoms. The van der Waals surface area contributed by atoms with Gasteiger partial charge in [-0.3, -0.25) is 0 Å². The van der Waals surface area contributed by atoms with Crippen molar-refractivity contribution in [2.45, 2.75) is 20.4 Å². The molecule has 0 aliphatic heterocycles. The summed E-state index contributed by atoms with van der Waals surface area (Å²) >= 11 is 6.04. The van der Waals surface area contributed by atoms with Crippen LogP contribution in [0.1, 0.15) is 27.4 Å². The molecule has 0 saturated carbocycles. The normalized spacial score (nSPS) is 10.5. The molecule has 1 aromatic carbocycles. The van der Waals surface area contributed by atoms with Crippen LogP contribution in [0.3, 0.4) is 0 Å². The third-order valence-electron chi connectivity index (χ3n) is 2.97. The largest absolute Gasteiger partial charge is 0.475 e. The van der Waals surface area contributed by atoms with Gasteiger partial charge in [-0.2, -0.15) is 0 Å². The van der Waals surface area contributed by atoms with Crippen LogP contribution in [0.5, 0.6) is 0 Å². The molecule has 0 spiro atoms. The van der Waals surface area contributed by atoms with E-state index in [9.17, 15) is 4.79 Å². The van der Waals surface area contributed by atoms with E-state index in [2.05, 4.69) is 5.32 Å². The van der Waals surface area contributed by atoms with Gasteiger partial charge in [-0.25, -0.2) is 4.79 Å². The predicted octanol–water partition coefficient (Wildman–Crippen LogP) is 3.86. The molecule has 0 aliphatic carbocycles. The van der Waals surface area contributed by atoms with E-state index in [1.54, 1.807) is 6.92 Å². The number of nitrogens with one attached hydrogen (secondary N) is 1. The number of carboxylic acids is 1. The molecule has 5 heteroatoms. The average Bonchev–Trinajstić information content (AvgIpc) is 2.73. The summed E-state index contributed by atoms with van der Waals surface area (Å²) in [6.07, 6.45) is 0. The third-order valence-corrected chi connectivity index (χ3v) is 3.38. The van der Waals surface area contributed by atoms with E-state index in [1.807, 2.05) is 25.1 Å².